The van der Waals surface area contributed by atoms with Gasteiger partial charge < -0.3 is 14.6 Å². The monoisotopic (exact) mass is 215 g/mol. The first-order valence-corrected chi connectivity index (χ1v) is 4.98. The minimum Gasteiger partial charge on any atom is -0.444 e. The van der Waals surface area contributed by atoms with Crippen LogP contribution in [-0.4, -0.2) is 46.7 Å². The number of aliphatic hydroxyl groups excluding tert-OH is 1. The summed E-state index contributed by atoms with van der Waals surface area (Å²) in [5.41, 5.74) is -0.585. The van der Waals surface area contributed by atoms with Crippen LogP contribution in [-0.2, 0) is 9.53 Å². The van der Waals surface area contributed by atoms with Gasteiger partial charge in [-0.3, -0.25) is 4.90 Å². The molecule has 1 amide bonds. The maximum Gasteiger partial charge on any atom is 0.410 e. The highest BCUT2D eigenvalue weighted by Gasteiger charge is 2.37. The molecule has 1 heterocycles. The third-order valence-electron chi connectivity index (χ3n) is 2.19. The Hall–Kier alpha value is -1.10. The van der Waals surface area contributed by atoms with E-state index < -0.39 is 23.8 Å². The molecule has 0 unspecified atom stereocenters. The number of carbonyl (C=O) groups is 2. The molecule has 0 saturated carbocycles. The Morgan fingerprint density at radius 1 is 1.53 bits per heavy atom. The van der Waals surface area contributed by atoms with Gasteiger partial charge in [0.1, 0.15) is 17.9 Å². The van der Waals surface area contributed by atoms with E-state index in [9.17, 15) is 14.7 Å². The second-order valence-electron chi connectivity index (χ2n) is 4.66. The SMILES string of the molecule is CC(C)(C)OC(=O)N1CC[C@@H](O)[C@H]1C=O. The lowest BCUT2D eigenvalue weighted by molar-refractivity contribution is -0.113. The Morgan fingerprint density at radius 3 is 2.60 bits per heavy atom. The molecule has 5 heteroatoms. The quantitative estimate of drug-likeness (QED) is 0.649. The summed E-state index contributed by atoms with van der Waals surface area (Å²) in [5.74, 6) is 0. The molecule has 1 aliphatic heterocycles. The number of amides is 1. The predicted molar refractivity (Wildman–Crippen MR) is 53.4 cm³/mol. The first kappa shape index (κ1) is 12.0. The number of aldehydes is 1. The predicted octanol–water partition coefficient (Wildman–Crippen LogP) is 0.556. The minimum atomic E-state index is -0.769. The first-order chi connectivity index (χ1) is 6.85. The van der Waals surface area contributed by atoms with Gasteiger partial charge in [0.15, 0.2) is 0 Å². The van der Waals surface area contributed by atoms with Crippen molar-refractivity contribution >= 4 is 12.4 Å². The fourth-order valence-corrected chi connectivity index (χ4v) is 1.50. The number of nitrogens with zero attached hydrogens (tertiary/aromatic N) is 1. The Labute approximate surface area is 89.0 Å². The Balaban J connectivity index is 2.64. The molecule has 1 aliphatic rings. The summed E-state index contributed by atoms with van der Waals surface area (Å²) in [5, 5.41) is 9.43. The summed E-state index contributed by atoms with van der Waals surface area (Å²) in [6, 6.07) is -0.764. The van der Waals surface area contributed by atoms with E-state index in [1.165, 1.54) is 4.90 Å². The average molecular weight is 215 g/mol. The lowest BCUT2D eigenvalue weighted by atomic mass is 10.2. The van der Waals surface area contributed by atoms with E-state index in [1.54, 1.807) is 20.8 Å². The summed E-state index contributed by atoms with van der Waals surface area (Å²) in [4.78, 5) is 23.6. The first-order valence-electron chi connectivity index (χ1n) is 4.98. The molecule has 0 aromatic carbocycles. The summed E-state index contributed by atoms with van der Waals surface area (Å²) >= 11 is 0. The minimum absolute atomic E-state index is 0.361. The normalized spacial score (nSPS) is 26.5. The molecule has 0 aromatic rings. The fourth-order valence-electron chi connectivity index (χ4n) is 1.50. The van der Waals surface area contributed by atoms with Crippen LogP contribution in [0.5, 0.6) is 0 Å². The van der Waals surface area contributed by atoms with Crippen molar-refractivity contribution in [1.82, 2.24) is 4.90 Å². The number of carbonyl (C=O) groups excluding carboxylic acids is 2. The van der Waals surface area contributed by atoms with Crippen molar-refractivity contribution in [2.75, 3.05) is 6.54 Å². The van der Waals surface area contributed by atoms with Crippen LogP contribution in [0.25, 0.3) is 0 Å². The van der Waals surface area contributed by atoms with Gasteiger partial charge in [0.25, 0.3) is 0 Å². The van der Waals surface area contributed by atoms with E-state index in [-0.39, 0.29) is 0 Å². The van der Waals surface area contributed by atoms with Gasteiger partial charge in [-0.25, -0.2) is 4.79 Å². The molecule has 0 bridgehead atoms. The third-order valence-corrected chi connectivity index (χ3v) is 2.19. The topological polar surface area (TPSA) is 66.8 Å². The standard InChI is InChI=1S/C10H17NO4/c1-10(2,3)15-9(14)11-5-4-8(13)7(11)6-12/h6-8,13H,4-5H2,1-3H3/t7-,8-/m1/s1. The zero-order valence-electron chi connectivity index (χ0n) is 9.27. The Morgan fingerprint density at radius 2 is 2.13 bits per heavy atom. The van der Waals surface area contributed by atoms with Gasteiger partial charge >= 0.3 is 6.09 Å². The average Bonchev–Trinajstić information content (AvgIpc) is 2.43. The van der Waals surface area contributed by atoms with E-state index in [2.05, 4.69) is 0 Å². The summed E-state index contributed by atoms with van der Waals surface area (Å²) < 4.78 is 5.12. The molecule has 0 aromatic heterocycles. The highest BCUT2D eigenvalue weighted by atomic mass is 16.6. The Bertz CT molecular complexity index is 259. The van der Waals surface area contributed by atoms with Crippen molar-refractivity contribution in [3.8, 4) is 0 Å². The van der Waals surface area contributed by atoms with Crippen molar-refractivity contribution in [3.05, 3.63) is 0 Å². The van der Waals surface area contributed by atoms with Gasteiger partial charge in [-0.2, -0.15) is 0 Å². The number of hydrogen-bond donors (Lipinski definition) is 1. The van der Waals surface area contributed by atoms with Crippen LogP contribution in [0, 0.1) is 0 Å². The molecule has 86 valence electrons. The summed E-state index contributed by atoms with van der Waals surface area (Å²) in [6.07, 6.45) is -0.310. The third kappa shape index (κ3) is 2.92. The maximum absolute atomic E-state index is 11.6. The zero-order valence-corrected chi connectivity index (χ0v) is 9.27. The lowest BCUT2D eigenvalue weighted by Gasteiger charge is -2.26. The highest BCUT2D eigenvalue weighted by molar-refractivity contribution is 5.75. The number of ether oxygens (including phenoxy) is 1. The van der Waals surface area contributed by atoms with Crippen LogP contribution < -0.4 is 0 Å². The molecule has 1 N–H and O–H groups in total. The van der Waals surface area contributed by atoms with Crippen LogP contribution in [0.3, 0.4) is 0 Å². The van der Waals surface area contributed by atoms with Crippen LogP contribution in [0.4, 0.5) is 4.79 Å². The van der Waals surface area contributed by atoms with E-state index in [0.29, 0.717) is 19.3 Å². The van der Waals surface area contributed by atoms with Crippen molar-refractivity contribution < 1.29 is 19.4 Å². The van der Waals surface area contributed by atoms with Gasteiger partial charge in [-0.05, 0) is 27.2 Å². The largest absolute Gasteiger partial charge is 0.444 e. The zero-order chi connectivity index (χ0) is 11.6. The number of likely N-dealkylation sites (tertiary alicyclic amines) is 1. The molecule has 15 heavy (non-hydrogen) atoms. The van der Waals surface area contributed by atoms with Gasteiger partial charge in [-0.1, -0.05) is 0 Å². The molecule has 1 saturated heterocycles. The molecule has 1 rings (SSSR count). The van der Waals surface area contributed by atoms with Crippen LogP contribution in [0.2, 0.25) is 0 Å². The smallest absolute Gasteiger partial charge is 0.410 e. The van der Waals surface area contributed by atoms with E-state index in [0.717, 1.165) is 0 Å². The van der Waals surface area contributed by atoms with E-state index >= 15 is 0 Å². The van der Waals surface area contributed by atoms with Crippen molar-refractivity contribution in [1.29, 1.82) is 0 Å². The van der Waals surface area contributed by atoms with Gasteiger partial charge in [0.05, 0.1) is 6.10 Å². The molecular formula is C10H17NO4. The summed E-state index contributed by atoms with van der Waals surface area (Å²) in [7, 11) is 0. The Kier molecular flexibility index (Phi) is 3.34. The molecule has 0 aliphatic carbocycles. The van der Waals surface area contributed by atoms with Crippen LogP contribution in [0.1, 0.15) is 27.2 Å². The van der Waals surface area contributed by atoms with E-state index in [1.807, 2.05) is 0 Å². The lowest BCUT2D eigenvalue weighted by Crippen LogP contribution is -2.43. The van der Waals surface area contributed by atoms with Crippen molar-refractivity contribution in [2.24, 2.45) is 0 Å². The van der Waals surface area contributed by atoms with Crippen LogP contribution in [0.15, 0.2) is 0 Å². The van der Waals surface area contributed by atoms with Crippen molar-refractivity contribution in [3.63, 3.8) is 0 Å². The molecular weight excluding hydrogens is 198 g/mol. The fraction of sp³-hybridized carbons (Fsp3) is 0.800. The molecule has 0 radical (unpaired) electrons. The highest BCUT2D eigenvalue weighted by Crippen LogP contribution is 2.19. The van der Waals surface area contributed by atoms with Gasteiger partial charge in [0, 0.05) is 6.54 Å². The van der Waals surface area contributed by atoms with Gasteiger partial charge in [0.2, 0.25) is 0 Å². The second kappa shape index (κ2) is 4.18. The van der Waals surface area contributed by atoms with Gasteiger partial charge in [-0.15, -0.1) is 0 Å². The molecule has 1 fully saturated rings. The summed E-state index contributed by atoms with van der Waals surface area (Å²) in [6.45, 7) is 5.63. The maximum atomic E-state index is 11.6. The number of rotatable bonds is 1. The number of hydrogen-bond acceptors (Lipinski definition) is 4. The van der Waals surface area contributed by atoms with E-state index in [4.69, 9.17) is 4.74 Å². The number of aliphatic hydroxyl groups is 1. The molecule has 5 nitrogen and oxygen atoms in total. The molecule has 2 atom stereocenters. The second-order valence-corrected chi connectivity index (χ2v) is 4.66. The van der Waals surface area contributed by atoms with Crippen molar-refractivity contribution in [2.45, 2.75) is 44.9 Å². The molecule has 0 spiro atoms. The van der Waals surface area contributed by atoms with Crippen LogP contribution >= 0.6 is 0 Å².